The molecular formula is C23H26N6O2S. The second-order valence-electron chi connectivity index (χ2n) is 7.73. The number of rotatable bonds is 5. The van der Waals surface area contributed by atoms with E-state index >= 15 is 0 Å². The fourth-order valence-electron chi connectivity index (χ4n) is 3.57. The standard InChI is InChI=1S/C23H26N6O2S/c1-28(2)23-26-18(15-32-23)13-24-22(31)29-12-11-19-16(14-29)7-6-10-20(19)27-21(30)25-17-8-4-3-5-9-17/h3-10,15H,11-14H2,1-2H3,(H,24,31)(H2,25,27,30). The van der Waals surface area contributed by atoms with E-state index in [9.17, 15) is 9.59 Å². The molecule has 0 aliphatic carbocycles. The first-order chi connectivity index (χ1) is 15.5. The van der Waals surface area contributed by atoms with E-state index in [-0.39, 0.29) is 12.1 Å². The topological polar surface area (TPSA) is 89.6 Å². The molecule has 3 N–H and O–H groups in total. The molecule has 2 heterocycles. The Hall–Kier alpha value is -3.59. The molecule has 0 unspecified atom stereocenters. The summed E-state index contributed by atoms with van der Waals surface area (Å²) in [4.78, 5) is 33.3. The summed E-state index contributed by atoms with van der Waals surface area (Å²) in [6.45, 7) is 1.47. The van der Waals surface area contributed by atoms with Gasteiger partial charge in [0, 0.05) is 43.9 Å². The molecule has 1 aromatic heterocycles. The highest BCUT2D eigenvalue weighted by atomic mass is 32.1. The maximum absolute atomic E-state index is 12.7. The Balaban J connectivity index is 1.35. The number of hydrogen-bond donors (Lipinski definition) is 3. The molecule has 0 atom stereocenters. The van der Waals surface area contributed by atoms with E-state index < -0.39 is 0 Å². The largest absolute Gasteiger partial charge is 0.354 e. The number of urea groups is 2. The van der Waals surface area contributed by atoms with Gasteiger partial charge in [-0.25, -0.2) is 14.6 Å². The minimum absolute atomic E-state index is 0.116. The van der Waals surface area contributed by atoms with Crippen molar-refractivity contribution in [2.24, 2.45) is 0 Å². The van der Waals surface area contributed by atoms with Crippen molar-refractivity contribution in [3.05, 3.63) is 70.7 Å². The molecule has 4 rings (SSSR count). The average molecular weight is 451 g/mol. The van der Waals surface area contributed by atoms with Crippen LogP contribution in [0.3, 0.4) is 0 Å². The number of fused-ring (bicyclic) bond motifs is 1. The Labute approximate surface area is 191 Å². The van der Waals surface area contributed by atoms with Crippen LogP contribution in [0.15, 0.2) is 53.9 Å². The number of hydrogen-bond acceptors (Lipinski definition) is 5. The number of nitrogens with one attached hydrogen (secondary N) is 3. The number of anilines is 3. The van der Waals surface area contributed by atoms with Crippen LogP contribution < -0.4 is 20.9 Å². The zero-order chi connectivity index (χ0) is 22.5. The van der Waals surface area contributed by atoms with Crippen LogP contribution in [0.2, 0.25) is 0 Å². The SMILES string of the molecule is CN(C)c1nc(CNC(=O)N2CCc3c(cccc3NC(=O)Nc3ccccc3)C2)cs1. The smallest absolute Gasteiger partial charge is 0.323 e. The number of nitrogens with zero attached hydrogens (tertiary/aromatic N) is 3. The molecule has 0 saturated heterocycles. The number of thiazole rings is 1. The summed E-state index contributed by atoms with van der Waals surface area (Å²) >= 11 is 1.55. The van der Waals surface area contributed by atoms with Crippen LogP contribution in [-0.4, -0.2) is 42.6 Å². The van der Waals surface area contributed by atoms with Crippen LogP contribution in [-0.2, 0) is 19.5 Å². The molecule has 1 aliphatic heterocycles. The predicted octanol–water partition coefficient (Wildman–Crippen LogP) is 4.12. The quantitative estimate of drug-likeness (QED) is 0.545. The first-order valence-corrected chi connectivity index (χ1v) is 11.3. The van der Waals surface area contributed by atoms with E-state index in [1.165, 1.54) is 0 Å². The molecule has 32 heavy (non-hydrogen) atoms. The van der Waals surface area contributed by atoms with E-state index in [0.717, 1.165) is 33.3 Å². The van der Waals surface area contributed by atoms with Gasteiger partial charge in [0.1, 0.15) is 0 Å². The summed E-state index contributed by atoms with van der Waals surface area (Å²) in [7, 11) is 3.89. The summed E-state index contributed by atoms with van der Waals surface area (Å²) in [6.07, 6.45) is 0.673. The van der Waals surface area contributed by atoms with Crippen molar-refractivity contribution in [3.8, 4) is 0 Å². The van der Waals surface area contributed by atoms with Gasteiger partial charge in [0.05, 0.1) is 12.2 Å². The molecule has 8 nitrogen and oxygen atoms in total. The van der Waals surface area contributed by atoms with Gasteiger partial charge in [0.25, 0.3) is 0 Å². The summed E-state index contributed by atoms with van der Waals surface area (Å²) in [5.74, 6) is 0. The highest BCUT2D eigenvalue weighted by Crippen LogP contribution is 2.26. The lowest BCUT2D eigenvalue weighted by molar-refractivity contribution is 0.192. The van der Waals surface area contributed by atoms with Gasteiger partial charge in [-0.3, -0.25) is 0 Å². The van der Waals surface area contributed by atoms with E-state index in [1.54, 1.807) is 16.2 Å². The van der Waals surface area contributed by atoms with Crippen LogP contribution in [0.5, 0.6) is 0 Å². The van der Waals surface area contributed by atoms with E-state index in [0.29, 0.717) is 26.1 Å². The lowest BCUT2D eigenvalue weighted by Crippen LogP contribution is -2.42. The number of carbonyl (C=O) groups is 2. The zero-order valence-corrected chi connectivity index (χ0v) is 18.9. The van der Waals surface area contributed by atoms with E-state index in [4.69, 9.17) is 0 Å². The Morgan fingerprint density at radius 3 is 2.66 bits per heavy atom. The van der Waals surface area contributed by atoms with Crippen molar-refractivity contribution < 1.29 is 9.59 Å². The molecule has 0 radical (unpaired) electrons. The fourth-order valence-corrected chi connectivity index (χ4v) is 4.33. The highest BCUT2D eigenvalue weighted by molar-refractivity contribution is 7.13. The van der Waals surface area contributed by atoms with Crippen molar-refractivity contribution >= 4 is 39.9 Å². The molecule has 0 spiro atoms. The van der Waals surface area contributed by atoms with Crippen LogP contribution >= 0.6 is 11.3 Å². The van der Waals surface area contributed by atoms with Crippen molar-refractivity contribution in [2.45, 2.75) is 19.5 Å². The molecular weight excluding hydrogens is 424 g/mol. The highest BCUT2D eigenvalue weighted by Gasteiger charge is 2.23. The summed E-state index contributed by atoms with van der Waals surface area (Å²) in [6, 6.07) is 14.7. The summed E-state index contributed by atoms with van der Waals surface area (Å²) in [5.41, 5.74) is 4.45. The number of benzene rings is 2. The third kappa shape index (κ3) is 5.17. The van der Waals surface area contributed by atoms with Gasteiger partial charge in [-0.05, 0) is 35.7 Å². The Bertz CT molecular complexity index is 1100. The Kier molecular flexibility index (Phi) is 6.55. The monoisotopic (exact) mass is 450 g/mol. The Morgan fingerprint density at radius 1 is 1.09 bits per heavy atom. The number of carbonyl (C=O) groups excluding carboxylic acids is 2. The minimum Gasteiger partial charge on any atom is -0.354 e. The molecule has 1 aliphatic rings. The van der Waals surface area contributed by atoms with Gasteiger partial charge in [0.15, 0.2) is 5.13 Å². The summed E-state index contributed by atoms with van der Waals surface area (Å²) < 4.78 is 0. The molecule has 0 fully saturated rings. The van der Waals surface area contributed by atoms with Gasteiger partial charge in [-0.1, -0.05) is 30.3 Å². The summed E-state index contributed by atoms with van der Waals surface area (Å²) in [5, 5.41) is 11.6. The molecule has 2 aromatic carbocycles. The van der Waals surface area contributed by atoms with Crippen LogP contribution in [0, 0.1) is 0 Å². The second kappa shape index (κ2) is 9.69. The third-order valence-corrected chi connectivity index (χ3v) is 6.23. The molecule has 0 saturated carbocycles. The first-order valence-electron chi connectivity index (χ1n) is 10.4. The van der Waals surface area contributed by atoms with Crippen LogP contribution in [0.1, 0.15) is 16.8 Å². The Morgan fingerprint density at radius 2 is 1.91 bits per heavy atom. The molecule has 9 heteroatoms. The van der Waals surface area contributed by atoms with Crippen LogP contribution in [0.4, 0.5) is 26.1 Å². The van der Waals surface area contributed by atoms with Gasteiger partial charge in [-0.15, -0.1) is 11.3 Å². The zero-order valence-electron chi connectivity index (χ0n) is 18.1. The number of amides is 4. The van der Waals surface area contributed by atoms with Crippen LogP contribution in [0.25, 0.3) is 0 Å². The maximum atomic E-state index is 12.7. The molecule has 4 amide bonds. The lowest BCUT2D eigenvalue weighted by atomic mass is 9.98. The van der Waals surface area contributed by atoms with Crippen molar-refractivity contribution in [1.29, 1.82) is 0 Å². The maximum Gasteiger partial charge on any atom is 0.323 e. The second-order valence-corrected chi connectivity index (χ2v) is 8.57. The van der Waals surface area contributed by atoms with Gasteiger partial charge in [0.2, 0.25) is 0 Å². The lowest BCUT2D eigenvalue weighted by Gasteiger charge is -2.30. The van der Waals surface area contributed by atoms with E-state index in [1.807, 2.05) is 72.9 Å². The number of para-hydroxylation sites is 1. The van der Waals surface area contributed by atoms with Crippen molar-refractivity contribution in [1.82, 2.24) is 15.2 Å². The average Bonchev–Trinajstić information content (AvgIpc) is 3.27. The fraction of sp³-hybridized carbons (Fsp3) is 0.261. The van der Waals surface area contributed by atoms with Crippen molar-refractivity contribution in [2.75, 3.05) is 36.2 Å². The van der Waals surface area contributed by atoms with E-state index in [2.05, 4.69) is 20.9 Å². The number of aromatic nitrogens is 1. The molecule has 0 bridgehead atoms. The normalized spacial score (nSPS) is 12.6. The van der Waals surface area contributed by atoms with Crippen molar-refractivity contribution in [3.63, 3.8) is 0 Å². The predicted molar refractivity (Wildman–Crippen MR) is 128 cm³/mol. The van der Waals surface area contributed by atoms with Gasteiger partial charge < -0.3 is 25.8 Å². The van der Waals surface area contributed by atoms with Gasteiger partial charge in [-0.2, -0.15) is 0 Å². The molecule has 3 aromatic rings. The third-order valence-electron chi connectivity index (χ3n) is 5.18. The molecule has 166 valence electrons. The minimum atomic E-state index is -0.287. The van der Waals surface area contributed by atoms with Gasteiger partial charge >= 0.3 is 12.1 Å². The first kappa shape index (κ1) is 21.6.